The highest BCUT2D eigenvalue weighted by Gasteiger charge is 2.28. The van der Waals surface area contributed by atoms with Crippen LogP contribution in [-0.2, 0) is 16.0 Å². The van der Waals surface area contributed by atoms with E-state index in [-0.39, 0.29) is 11.9 Å². The van der Waals surface area contributed by atoms with Gasteiger partial charge in [0.2, 0.25) is 11.9 Å². The molecule has 0 unspecified atom stereocenters. The lowest BCUT2D eigenvalue weighted by molar-refractivity contribution is -0.116. The zero-order valence-electron chi connectivity index (χ0n) is 23.5. The van der Waals surface area contributed by atoms with Gasteiger partial charge in [-0.3, -0.25) is 9.78 Å². The third-order valence-corrected chi connectivity index (χ3v) is 6.41. The van der Waals surface area contributed by atoms with Crippen molar-refractivity contribution in [2.24, 2.45) is 0 Å². The van der Waals surface area contributed by atoms with E-state index in [0.717, 1.165) is 27.6 Å². The molecule has 0 saturated carbocycles. The third-order valence-electron chi connectivity index (χ3n) is 6.41. The average molecular weight is 549 g/mol. The smallest absolute Gasteiger partial charge is 0.421 e. The Morgan fingerprint density at radius 2 is 1.85 bits per heavy atom. The zero-order chi connectivity index (χ0) is 29.0. The lowest BCUT2D eigenvalue weighted by Crippen LogP contribution is -2.35. The summed E-state index contributed by atoms with van der Waals surface area (Å²) >= 11 is 0. The molecule has 9 nitrogen and oxygen atoms in total. The number of carbonyl (C=O) groups excluding carboxylic acids is 2. The Balaban J connectivity index is 1.42. The van der Waals surface area contributed by atoms with Gasteiger partial charge < -0.3 is 15.0 Å². The molecule has 41 heavy (non-hydrogen) atoms. The second-order valence-electron chi connectivity index (χ2n) is 10.7. The van der Waals surface area contributed by atoms with Crippen molar-refractivity contribution in [3.05, 3.63) is 96.6 Å². The summed E-state index contributed by atoms with van der Waals surface area (Å²) in [6.07, 6.45) is 7.18. The Morgan fingerprint density at radius 1 is 1.02 bits per heavy atom. The second kappa shape index (κ2) is 11.6. The van der Waals surface area contributed by atoms with E-state index in [0.29, 0.717) is 29.9 Å². The van der Waals surface area contributed by atoms with Gasteiger partial charge in [0.15, 0.2) is 0 Å². The van der Waals surface area contributed by atoms with E-state index in [2.05, 4.69) is 25.3 Å². The van der Waals surface area contributed by atoms with E-state index in [4.69, 9.17) is 4.74 Å². The number of carbonyl (C=O) groups is 2. The average Bonchev–Trinajstić information content (AvgIpc) is 3.36. The zero-order valence-corrected chi connectivity index (χ0v) is 23.5. The highest BCUT2D eigenvalue weighted by atomic mass is 16.6. The van der Waals surface area contributed by atoms with Gasteiger partial charge in [-0.05, 0) is 81.6 Å². The summed E-state index contributed by atoms with van der Waals surface area (Å²) in [4.78, 5) is 44.3. The molecule has 0 fully saturated rings. The van der Waals surface area contributed by atoms with Gasteiger partial charge in [0.25, 0.3) is 0 Å². The number of pyridine rings is 1. The number of rotatable bonds is 7. The third kappa shape index (κ3) is 6.58. The molecule has 0 bridgehead atoms. The number of nitrogens with one attached hydrogen (secondary N) is 2. The fourth-order valence-electron chi connectivity index (χ4n) is 4.46. The number of aryl methyl sites for hydroxylation is 2. The molecule has 9 heteroatoms. The predicted molar refractivity (Wildman–Crippen MR) is 160 cm³/mol. The minimum atomic E-state index is -0.752. The summed E-state index contributed by atoms with van der Waals surface area (Å²) in [6.45, 7) is 7.27. The Kier molecular flexibility index (Phi) is 7.78. The van der Waals surface area contributed by atoms with Crippen molar-refractivity contribution >= 4 is 40.2 Å². The van der Waals surface area contributed by atoms with Crippen molar-refractivity contribution in [1.82, 2.24) is 19.9 Å². The summed E-state index contributed by atoms with van der Waals surface area (Å²) in [6, 6.07) is 18.9. The molecule has 0 radical (unpaired) electrons. The molecule has 3 aromatic heterocycles. The topological polar surface area (TPSA) is 113 Å². The molecule has 0 atom stereocenters. The van der Waals surface area contributed by atoms with E-state index in [9.17, 15) is 9.59 Å². The van der Waals surface area contributed by atoms with Crippen LogP contribution in [0.2, 0.25) is 0 Å². The first-order valence-corrected chi connectivity index (χ1v) is 13.4. The molecule has 3 heterocycles. The number of nitrogens with zero attached hydrogens (tertiary/aromatic N) is 4. The van der Waals surface area contributed by atoms with Crippen molar-refractivity contribution in [2.75, 3.05) is 10.2 Å². The lowest BCUT2D eigenvalue weighted by Gasteiger charge is -2.27. The van der Waals surface area contributed by atoms with E-state index < -0.39 is 11.7 Å². The molecule has 0 aliphatic carbocycles. The van der Waals surface area contributed by atoms with Crippen molar-refractivity contribution < 1.29 is 14.3 Å². The Labute approximate surface area is 238 Å². The lowest BCUT2D eigenvalue weighted by atomic mass is 10.1. The largest absolute Gasteiger partial charge is 0.443 e. The Morgan fingerprint density at radius 3 is 2.63 bits per heavy atom. The van der Waals surface area contributed by atoms with Crippen LogP contribution >= 0.6 is 0 Å². The number of hydrogen-bond acceptors (Lipinski definition) is 6. The number of aromatic nitrogens is 4. The first-order valence-electron chi connectivity index (χ1n) is 13.4. The monoisotopic (exact) mass is 548 g/mol. The van der Waals surface area contributed by atoms with Gasteiger partial charge in [-0.25, -0.2) is 19.7 Å². The number of amides is 2. The van der Waals surface area contributed by atoms with Gasteiger partial charge in [-0.1, -0.05) is 24.3 Å². The summed E-state index contributed by atoms with van der Waals surface area (Å²) in [5, 5.41) is 4.08. The molecule has 208 valence electrons. The van der Waals surface area contributed by atoms with Crippen molar-refractivity contribution in [3.63, 3.8) is 0 Å². The van der Waals surface area contributed by atoms with Gasteiger partial charge in [0.05, 0.1) is 11.4 Å². The normalized spacial score (nSPS) is 11.3. The number of aromatic amines is 1. The first-order chi connectivity index (χ1) is 19.7. The van der Waals surface area contributed by atoms with E-state index >= 15 is 0 Å². The molecule has 2 aromatic carbocycles. The van der Waals surface area contributed by atoms with E-state index in [1.807, 2.05) is 61.7 Å². The highest BCUT2D eigenvalue weighted by Crippen LogP contribution is 2.32. The molecule has 0 saturated heterocycles. The van der Waals surface area contributed by atoms with Gasteiger partial charge in [-0.15, -0.1) is 0 Å². The van der Waals surface area contributed by atoms with Crippen LogP contribution in [0.4, 0.5) is 22.1 Å². The Hall–Kier alpha value is -5.05. The van der Waals surface area contributed by atoms with E-state index in [1.165, 1.54) is 4.90 Å². The van der Waals surface area contributed by atoms with Crippen LogP contribution in [0.5, 0.6) is 0 Å². The Bertz CT molecular complexity index is 1690. The molecular weight excluding hydrogens is 516 g/mol. The van der Waals surface area contributed by atoms with Crippen LogP contribution in [0.15, 0.2) is 85.5 Å². The second-order valence-corrected chi connectivity index (χ2v) is 10.7. The van der Waals surface area contributed by atoms with Crippen LogP contribution < -0.4 is 10.2 Å². The van der Waals surface area contributed by atoms with Gasteiger partial charge >= 0.3 is 6.09 Å². The summed E-state index contributed by atoms with van der Waals surface area (Å²) in [7, 11) is 0. The number of anilines is 3. The minimum Gasteiger partial charge on any atom is -0.443 e. The fraction of sp³-hybridized carbons (Fsp3) is 0.219. The predicted octanol–water partition coefficient (Wildman–Crippen LogP) is 6.97. The molecule has 2 N–H and O–H groups in total. The summed E-state index contributed by atoms with van der Waals surface area (Å²) in [5.41, 5.74) is 4.60. The number of hydrogen-bond donors (Lipinski definition) is 2. The van der Waals surface area contributed by atoms with Gasteiger partial charge in [0.1, 0.15) is 5.60 Å². The van der Waals surface area contributed by atoms with Crippen LogP contribution in [0.25, 0.3) is 22.2 Å². The van der Waals surface area contributed by atoms with Gasteiger partial charge in [-0.2, -0.15) is 0 Å². The molecule has 5 aromatic rings. The molecular formula is C32H32N6O3. The molecule has 0 aliphatic rings. The van der Waals surface area contributed by atoms with Crippen molar-refractivity contribution in [2.45, 2.75) is 46.1 Å². The summed E-state index contributed by atoms with van der Waals surface area (Å²) < 4.78 is 5.75. The first kappa shape index (κ1) is 27.5. The quantitative estimate of drug-likeness (QED) is 0.227. The summed E-state index contributed by atoms with van der Waals surface area (Å²) in [5.74, 6) is 0.00948. The fourth-order valence-corrected chi connectivity index (χ4v) is 4.46. The number of fused-ring (bicyclic) bond motifs is 1. The van der Waals surface area contributed by atoms with Crippen LogP contribution in [0, 0.1) is 6.92 Å². The minimum absolute atomic E-state index is 0.135. The van der Waals surface area contributed by atoms with Crippen molar-refractivity contribution in [1.29, 1.82) is 0 Å². The molecule has 0 aliphatic heterocycles. The molecule has 2 amide bonds. The maximum Gasteiger partial charge on any atom is 0.421 e. The van der Waals surface area contributed by atoms with Crippen molar-refractivity contribution in [3.8, 4) is 11.3 Å². The van der Waals surface area contributed by atoms with Crippen LogP contribution in [-0.4, -0.2) is 37.5 Å². The van der Waals surface area contributed by atoms with Crippen LogP contribution in [0.1, 0.15) is 38.3 Å². The van der Waals surface area contributed by atoms with Gasteiger partial charge in [0, 0.05) is 53.4 Å². The molecule has 0 spiro atoms. The standard InChI is InChI=1S/C32H32N6O3/c1-21-11-13-24(36-29(39)14-12-22-20-35-27-10-6-5-9-25(22)27)18-28(21)38(31(40)41-32(2,3)4)30-34-17-15-26(37-30)23-8-7-16-33-19-23/h5-11,13,15-20,35H,12,14H2,1-4H3,(H,36,39). The molecule has 5 rings (SSSR count). The highest BCUT2D eigenvalue weighted by molar-refractivity contribution is 5.97. The maximum atomic E-state index is 13.6. The number of benzene rings is 2. The van der Waals surface area contributed by atoms with E-state index in [1.54, 1.807) is 51.5 Å². The SMILES string of the molecule is Cc1ccc(NC(=O)CCc2c[nH]c3ccccc23)cc1N(C(=O)OC(C)(C)C)c1nccc(-c2cccnc2)n1. The number of H-pyrrole nitrogens is 1. The number of para-hydroxylation sites is 1. The van der Waals surface area contributed by atoms with Crippen LogP contribution in [0.3, 0.4) is 0 Å². The maximum absolute atomic E-state index is 13.6. The number of ether oxygens (including phenoxy) is 1.